The summed E-state index contributed by atoms with van der Waals surface area (Å²) in [5, 5.41) is 0.975. The van der Waals surface area contributed by atoms with Crippen LogP contribution in [0, 0.1) is 6.92 Å². The molecule has 4 nitrogen and oxygen atoms in total. The number of Topliss-reactive ketones (excluding diaryl/α,β-unsaturated/α-hetero) is 1. The molecular formula is C26H24N2O2. The second kappa shape index (κ2) is 8.46. The summed E-state index contributed by atoms with van der Waals surface area (Å²) in [4.78, 5) is 21.6. The fourth-order valence-corrected chi connectivity index (χ4v) is 3.59. The molecule has 4 heteroatoms. The van der Waals surface area contributed by atoms with Crippen LogP contribution in [0.5, 0.6) is 5.75 Å². The zero-order chi connectivity index (χ0) is 21.1. The second-order valence-electron chi connectivity index (χ2n) is 7.57. The van der Waals surface area contributed by atoms with Gasteiger partial charge in [-0.2, -0.15) is 0 Å². The number of benzene rings is 2. The number of hydrogen-bond acceptors (Lipinski definition) is 4. The second-order valence-corrected chi connectivity index (χ2v) is 7.57. The Bertz CT molecular complexity index is 1200. The van der Waals surface area contributed by atoms with Gasteiger partial charge in [0.2, 0.25) is 0 Å². The molecule has 2 aromatic carbocycles. The Morgan fingerprint density at radius 2 is 1.77 bits per heavy atom. The van der Waals surface area contributed by atoms with Crippen LogP contribution in [0.2, 0.25) is 0 Å². The molecule has 0 saturated carbocycles. The van der Waals surface area contributed by atoms with Gasteiger partial charge in [-0.25, -0.2) is 0 Å². The van der Waals surface area contributed by atoms with Crippen molar-refractivity contribution >= 4 is 16.7 Å². The number of methoxy groups -OCH3 is 1. The van der Waals surface area contributed by atoms with Crippen LogP contribution in [-0.2, 0) is 11.2 Å². The number of rotatable bonds is 6. The van der Waals surface area contributed by atoms with Crippen molar-refractivity contribution in [2.24, 2.45) is 0 Å². The van der Waals surface area contributed by atoms with E-state index in [1.165, 1.54) is 0 Å². The first kappa shape index (κ1) is 19.8. The quantitative estimate of drug-likeness (QED) is 0.430. The van der Waals surface area contributed by atoms with Crippen molar-refractivity contribution in [3.05, 3.63) is 89.9 Å². The van der Waals surface area contributed by atoms with E-state index in [1.54, 1.807) is 13.3 Å². The lowest BCUT2D eigenvalue weighted by Gasteiger charge is -2.13. The van der Waals surface area contributed by atoms with Gasteiger partial charge in [0.1, 0.15) is 11.5 Å². The summed E-state index contributed by atoms with van der Waals surface area (Å²) in [6, 6.07) is 20.2. The van der Waals surface area contributed by atoms with Gasteiger partial charge < -0.3 is 4.74 Å². The molecule has 1 unspecified atom stereocenters. The third-order valence-corrected chi connectivity index (χ3v) is 5.46. The number of carbonyl (C=O) groups excluding carboxylic acids is 1. The van der Waals surface area contributed by atoms with Crippen LogP contribution in [0.15, 0.2) is 73.1 Å². The monoisotopic (exact) mass is 396 g/mol. The Balaban J connectivity index is 1.50. The van der Waals surface area contributed by atoms with Gasteiger partial charge in [-0.15, -0.1) is 0 Å². The highest BCUT2D eigenvalue weighted by molar-refractivity contribution is 5.89. The van der Waals surface area contributed by atoms with Crippen molar-refractivity contribution in [1.82, 2.24) is 9.97 Å². The number of fused-ring (bicyclic) bond motifs is 1. The number of aromatic nitrogens is 2. The number of aryl methyl sites for hydroxylation is 1. The van der Waals surface area contributed by atoms with E-state index in [-0.39, 0.29) is 11.7 Å². The van der Waals surface area contributed by atoms with Gasteiger partial charge >= 0.3 is 0 Å². The van der Waals surface area contributed by atoms with Crippen molar-refractivity contribution in [3.63, 3.8) is 0 Å². The van der Waals surface area contributed by atoms with E-state index >= 15 is 0 Å². The highest BCUT2D eigenvalue weighted by Gasteiger charge is 2.16. The zero-order valence-electron chi connectivity index (χ0n) is 17.4. The highest BCUT2D eigenvalue weighted by atomic mass is 16.5. The maximum atomic E-state index is 12.9. The SMILES string of the molecule is COc1cnc2ccc(C(C)C(=O)Cc3ccc(-c4ccnc(C)c4)cc3)cc2c1. The minimum absolute atomic E-state index is 0.192. The first-order chi connectivity index (χ1) is 14.5. The normalized spacial score (nSPS) is 12.0. The number of nitrogens with zero attached hydrogens (tertiary/aromatic N) is 2. The molecule has 30 heavy (non-hydrogen) atoms. The van der Waals surface area contributed by atoms with Crippen LogP contribution in [-0.4, -0.2) is 22.9 Å². The minimum atomic E-state index is -0.192. The molecule has 1 atom stereocenters. The highest BCUT2D eigenvalue weighted by Crippen LogP contribution is 2.26. The number of carbonyl (C=O) groups is 1. The van der Waals surface area contributed by atoms with Crippen molar-refractivity contribution < 1.29 is 9.53 Å². The predicted octanol–water partition coefficient (Wildman–Crippen LogP) is 5.53. The molecular weight excluding hydrogens is 372 g/mol. The fourth-order valence-electron chi connectivity index (χ4n) is 3.59. The minimum Gasteiger partial charge on any atom is -0.495 e. The molecule has 0 N–H and O–H groups in total. The Kier molecular flexibility index (Phi) is 5.57. The Labute approximate surface area is 176 Å². The van der Waals surface area contributed by atoms with Crippen molar-refractivity contribution in [2.75, 3.05) is 7.11 Å². The summed E-state index contributed by atoms with van der Waals surface area (Å²) in [5.41, 5.74) is 6.15. The van der Waals surface area contributed by atoms with Crippen LogP contribution in [0.25, 0.3) is 22.0 Å². The molecule has 4 aromatic rings. The Morgan fingerprint density at radius 1 is 0.967 bits per heavy atom. The molecule has 0 fully saturated rings. The van der Waals surface area contributed by atoms with Gasteiger partial charge in [0.15, 0.2) is 0 Å². The number of hydrogen-bond donors (Lipinski definition) is 0. The lowest BCUT2D eigenvalue weighted by molar-refractivity contribution is -0.119. The molecule has 2 heterocycles. The van der Waals surface area contributed by atoms with Gasteiger partial charge in [-0.1, -0.05) is 37.3 Å². The van der Waals surface area contributed by atoms with Crippen LogP contribution >= 0.6 is 0 Å². The first-order valence-electron chi connectivity index (χ1n) is 10.0. The molecule has 0 bridgehead atoms. The average molecular weight is 396 g/mol. The van der Waals surface area contributed by atoms with E-state index in [2.05, 4.69) is 28.2 Å². The van der Waals surface area contributed by atoms with Gasteiger partial charge in [-0.05, 0) is 59.5 Å². The van der Waals surface area contributed by atoms with Crippen molar-refractivity contribution in [3.8, 4) is 16.9 Å². The van der Waals surface area contributed by atoms with Crippen molar-refractivity contribution in [2.45, 2.75) is 26.2 Å². The largest absolute Gasteiger partial charge is 0.495 e. The Hall–Kier alpha value is -3.53. The zero-order valence-corrected chi connectivity index (χ0v) is 17.4. The van der Waals surface area contributed by atoms with Gasteiger partial charge in [-0.3, -0.25) is 14.8 Å². The molecule has 0 radical (unpaired) electrons. The van der Waals surface area contributed by atoms with Crippen molar-refractivity contribution in [1.29, 1.82) is 0 Å². The number of ketones is 1. The summed E-state index contributed by atoms with van der Waals surface area (Å²) in [6.07, 6.45) is 3.93. The molecule has 0 saturated heterocycles. The van der Waals surface area contributed by atoms with E-state index in [0.29, 0.717) is 12.2 Å². The first-order valence-corrected chi connectivity index (χ1v) is 10.0. The van der Waals surface area contributed by atoms with E-state index in [1.807, 2.05) is 62.5 Å². The third kappa shape index (κ3) is 4.23. The van der Waals surface area contributed by atoms with Crippen LogP contribution < -0.4 is 4.74 Å². The summed E-state index contributed by atoms with van der Waals surface area (Å²) in [6.45, 7) is 3.95. The molecule has 2 aromatic heterocycles. The average Bonchev–Trinajstić information content (AvgIpc) is 2.78. The van der Waals surface area contributed by atoms with E-state index in [4.69, 9.17) is 4.74 Å². The lowest BCUT2D eigenvalue weighted by atomic mass is 9.91. The topological polar surface area (TPSA) is 52.1 Å². The maximum Gasteiger partial charge on any atom is 0.144 e. The summed E-state index contributed by atoms with van der Waals surface area (Å²) in [5.74, 6) is 0.712. The molecule has 0 amide bonds. The Morgan fingerprint density at radius 3 is 2.50 bits per heavy atom. The third-order valence-electron chi connectivity index (χ3n) is 5.46. The lowest BCUT2D eigenvalue weighted by Crippen LogP contribution is -2.12. The molecule has 0 aliphatic heterocycles. The molecule has 4 rings (SSSR count). The van der Waals surface area contributed by atoms with E-state index in [0.717, 1.165) is 38.9 Å². The van der Waals surface area contributed by atoms with Crippen LogP contribution in [0.4, 0.5) is 0 Å². The summed E-state index contributed by atoms with van der Waals surface area (Å²) >= 11 is 0. The predicted molar refractivity (Wildman–Crippen MR) is 120 cm³/mol. The van der Waals surface area contributed by atoms with Crippen LogP contribution in [0.3, 0.4) is 0 Å². The standard InChI is InChI=1S/C26H24N2O2/c1-17-12-22(10-11-27-17)20-6-4-19(5-7-20)13-26(29)18(2)21-8-9-25-23(14-21)15-24(30-3)16-28-25/h4-12,14-16,18H,13H2,1-3H3. The van der Waals surface area contributed by atoms with Gasteiger partial charge in [0.25, 0.3) is 0 Å². The summed E-state index contributed by atoms with van der Waals surface area (Å²) in [7, 11) is 1.62. The van der Waals surface area contributed by atoms with E-state index < -0.39 is 0 Å². The number of pyridine rings is 2. The summed E-state index contributed by atoms with van der Waals surface area (Å²) < 4.78 is 5.26. The molecule has 0 aliphatic carbocycles. The van der Waals surface area contributed by atoms with Crippen LogP contribution in [0.1, 0.15) is 29.7 Å². The molecule has 150 valence electrons. The number of ether oxygens (including phenoxy) is 1. The van der Waals surface area contributed by atoms with Gasteiger partial charge in [0, 0.05) is 29.6 Å². The van der Waals surface area contributed by atoms with E-state index in [9.17, 15) is 4.79 Å². The van der Waals surface area contributed by atoms with Gasteiger partial charge in [0.05, 0.1) is 18.8 Å². The maximum absolute atomic E-state index is 12.9. The molecule has 0 aliphatic rings. The smallest absolute Gasteiger partial charge is 0.144 e. The molecule has 0 spiro atoms. The fraction of sp³-hybridized carbons (Fsp3) is 0.192.